The first-order chi connectivity index (χ1) is 9.95. The molecule has 0 saturated carbocycles. The predicted molar refractivity (Wildman–Crippen MR) is 79.9 cm³/mol. The van der Waals surface area contributed by atoms with E-state index >= 15 is 0 Å². The molecule has 0 amide bonds. The van der Waals surface area contributed by atoms with Crippen LogP contribution in [-0.2, 0) is 10.0 Å². The van der Waals surface area contributed by atoms with Crippen molar-refractivity contribution in [2.24, 2.45) is 5.73 Å². The first-order valence-electron chi connectivity index (χ1n) is 6.42. The Kier molecular flexibility index (Phi) is 4.49. The molecule has 7 nitrogen and oxygen atoms in total. The summed E-state index contributed by atoms with van der Waals surface area (Å²) >= 11 is 0. The zero-order chi connectivity index (χ0) is 15.5. The molecule has 0 spiro atoms. The second-order valence-electron chi connectivity index (χ2n) is 4.50. The Bertz CT molecular complexity index is 705. The molecule has 1 aromatic heterocycles. The molecule has 4 N–H and O–H groups in total. The number of aromatic nitrogens is 2. The second kappa shape index (κ2) is 6.15. The standard InChI is InChI=1S/C13H18N4O3S/c1-9-13(10(2)16-15-9)21(18,19)17-11-5-3-4-6-12(11)20-8-7-14/h3-6,17H,7-8,14H2,1-2H3,(H,15,16). The van der Waals surface area contributed by atoms with Gasteiger partial charge in [0, 0.05) is 6.54 Å². The van der Waals surface area contributed by atoms with E-state index in [0.717, 1.165) is 0 Å². The summed E-state index contributed by atoms with van der Waals surface area (Å²) in [4.78, 5) is 0.149. The van der Waals surface area contributed by atoms with Gasteiger partial charge in [0.25, 0.3) is 10.0 Å². The molecule has 0 radical (unpaired) electrons. The van der Waals surface area contributed by atoms with Crippen LogP contribution in [0.5, 0.6) is 5.75 Å². The number of hydrogen-bond donors (Lipinski definition) is 3. The Hall–Kier alpha value is -2.06. The van der Waals surface area contributed by atoms with Gasteiger partial charge in [0.1, 0.15) is 17.3 Å². The Morgan fingerprint density at radius 1 is 1.33 bits per heavy atom. The number of rotatable bonds is 6. The SMILES string of the molecule is Cc1n[nH]c(C)c1S(=O)(=O)Nc1ccccc1OCCN. The van der Waals surface area contributed by atoms with Gasteiger partial charge in [-0.25, -0.2) is 8.42 Å². The summed E-state index contributed by atoms with van der Waals surface area (Å²) in [6.45, 7) is 3.95. The van der Waals surface area contributed by atoms with Crippen LogP contribution in [0.2, 0.25) is 0 Å². The predicted octanol–water partition coefficient (Wildman–Crippen LogP) is 1.16. The van der Waals surface area contributed by atoms with E-state index in [1.165, 1.54) is 0 Å². The molecule has 2 rings (SSSR count). The van der Waals surface area contributed by atoms with Gasteiger partial charge in [-0.2, -0.15) is 5.10 Å². The van der Waals surface area contributed by atoms with Gasteiger partial charge in [-0.1, -0.05) is 12.1 Å². The lowest BCUT2D eigenvalue weighted by Gasteiger charge is -2.13. The fraction of sp³-hybridized carbons (Fsp3) is 0.308. The van der Waals surface area contributed by atoms with Crippen LogP contribution < -0.4 is 15.2 Å². The van der Waals surface area contributed by atoms with Crippen LogP contribution in [0.3, 0.4) is 0 Å². The van der Waals surface area contributed by atoms with Crippen LogP contribution in [0, 0.1) is 13.8 Å². The quantitative estimate of drug-likeness (QED) is 0.741. The molecule has 1 aromatic carbocycles. The number of nitrogens with zero attached hydrogens (tertiary/aromatic N) is 1. The summed E-state index contributed by atoms with van der Waals surface area (Å²) < 4.78 is 32.9. The third kappa shape index (κ3) is 3.34. The van der Waals surface area contributed by atoms with Gasteiger partial charge in [0.2, 0.25) is 0 Å². The number of aromatic amines is 1. The monoisotopic (exact) mass is 310 g/mol. The highest BCUT2D eigenvalue weighted by molar-refractivity contribution is 7.92. The normalized spacial score (nSPS) is 11.4. The van der Waals surface area contributed by atoms with Crippen LogP contribution in [0.15, 0.2) is 29.2 Å². The number of anilines is 1. The van der Waals surface area contributed by atoms with Gasteiger partial charge in [-0.15, -0.1) is 0 Å². The van der Waals surface area contributed by atoms with Crippen LogP contribution in [0.4, 0.5) is 5.69 Å². The Morgan fingerprint density at radius 3 is 2.67 bits per heavy atom. The summed E-state index contributed by atoms with van der Waals surface area (Å²) in [6, 6.07) is 6.80. The van der Waals surface area contributed by atoms with Gasteiger partial charge in [0.05, 0.1) is 17.1 Å². The molecule has 0 aliphatic carbocycles. The van der Waals surface area contributed by atoms with Crippen molar-refractivity contribution >= 4 is 15.7 Å². The van der Waals surface area contributed by atoms with Crippen LogP contribution >= 0.6 is 0 Å². The summed E-state index contributed by atoms with van der Waals surface area (Å²) in [7, 11) is -3.73. The van der Waals surface area contributed by atoms with Crippen molar-refractivity contribution in [2.45, 2.75) is 18.7 Å². The van der Waals surface area contributed by atoms with Gasteiger partial charge in [0.15, 0.2) is 0 Å². The van der Waals surface area contributed by atoms with Crippen molar-refractivity contribution in [2.75, 3.05) is 17.9 Å². The lowest BCUT2D eigenvalue weighted by atomic mass is 10.3. The minimum absolute atomic E-state index is 0.149. The molecule has 1 heterocycles. The van der Waals surface area contributed by atoms with Crippen LogP contribution in [0.25, 0.3) is 0 Å². The number of benzene rings is 1. The Morgan fingerprint density at radius 2 is 2.05 bits per heavy atom. The fourth-order valence-electron chi connectivity index (χ4n) is 1.98. The lowest BCUT2D eigenvalue weighted by Crippen LogP contribution is -2.16. The maximum Gasteiger partial charge on any atom is 0.265 e. The maximum atomic E-state index is 12.5. The fourth-order valence-corrected chi connectivity index (χ4v) is 3.42. The zero-order valence-electron chi connectivity index (χ0n) is 11.9. The van der Waals surface area contributed by atoms with Gasteiger partial charge < -0.3 is 10.5 Å². The van der Waals surface area contributed by atoms with E-state index < -0.39 is 10.0 Å². The molecule has 21 heavy (non-hydrogen) atoms. The number of aryl methyl sites for hydroxylation is 2. The molecule has 0 aliphatic heterocycles. The molecule has 0 aliphatic rings. The molecule has 2 aromatic rings. The molecular weight excluding hydrogens is 292 g/mol. The van der Waals surface area contributed by atoms with E-state index in [-0.39, 0.29) is 4.90 Å². The summed E-state index contributed by atoms with van der Waals surface area (Å²) in [5, 5.41) is 6.56. The first kappa shape index (κ1) is 15.3. The van der Waals surface area contributed by atoms with Crippen molar-refractivity contribution in [3.63, 3.8) is 0 Å². The molecule has 114 valence electrons. The molecule has 8 heteroatoms. The Balaban J connectivity index is 2.33. The second-order valence-corrected chi connectivity index (χ2v) is 6.12. The minimum atomic E-state index is -3.73. The summed E-state index contributed by atoms with van der Waals surface area (Å²) in [5.74, 6) is 0.435. The first-order valence-corrected chi connectivity index (χ1v) is 7.90. The van der Waals surface area contributed by atoms with E-state index in [1.54, 1.807) is 38.1 Å². The van der Waals surface area contributed by atoms with Crippen molar-refractivity contribution in [1.82, 2.24) is 10.2 Å². The van der Waals surface area contributed by atoms with E-state index in [2.05, 4.69) is 14.9 Å². The third-order valence-electron chi connectivity index (χ3n) is 2.84. The van der Waals surface area contributed by atoms with E-state index in [1.807, 2.05) is 0 Å². The highest BCUT2D eigenvalue weighted by Crippen LogP contribution is 2.27. The third-order valence-corrected chi connectivity index (χ3v) is 4.46. The van der Waals surface area contributed by atoms with E-state index in [4.69, 9.17) is 10.5 Å². The largest absolute Gasteiger partial charge is 0.490 e. The molecule has 0 atom stereocenters. The van der Waals surface area contributed by atoms with Gasteiger partial charge >= 0.3 is 0 Å². The average molecular weight is 310 g/mol. The van der Waals surface area contributed by atoms with Crippen molar-refractivity contribution < 1.29 is 13.2 Å². The number of para-hydroxylation sites is 2. The number of nitrogens with one attached hydrogen (secondary N) is 2. The van der Waals surface area contributed by atoms with Crippen LogP contribution in [0.1, 0.15) is 11.4 Å². The zero-order valence-corrected chi connectivity index (χ0v) is 12.7. The highest BCUT2D eigenvalue weighted by Gasteiger charge is 2.23. The van der Waals surface area contributed by atoms with Gasteiger partial charge in [-0.3, -0.25) is 9.82 Å². The lowest BCUT2D eigenvalue weighted by molar-refractivity contribution is 0.330. The average Bonchev–Trinajstić information content (AvgIpc) is 2.77. The number of H-pyrrole nitrogens is 1. The van der Waals surface area contributed by atoms with E-state index in [0.29, 0.717) is 36.0 Å². The molecule has 0 saturated heterocycles. The minimum Gasteiger partial charge on any atom is -0.490 e. The molecule has 0 fully saturated rings. The van der Waals surface area contributed by atoms with Crippen molar-refractivity contribution in [3.05, 3.63) is 35.7 Å². The number of sulfonamides is 1. The summed E-state index contributed by atoms with van der Waals surface area (Å²) in [5.41, 5.74) is 6.66. The smallest absolute Gasteiger partial charge is 0.265 e. The molecular formula is C13H18N4O3S. The maximum absolute atomic E-state index is 12.5. The number of nitrogens with two attached hydrogens (primary N) is 1. The van der Waals surface area contributed by atoms with Crippen molar-refractivity contribution in [3.8, 4) is 5.75 Å². The van der Waals surface area contributed by atoms with E-state index in [9.17, 15) is 8.42 Å². The highest BCUT2D eigenvalue weighted by atomic mass is 32.2. The molecule has 0 unspecified atom stereocenters. The molecule has 0 bridgehead atoms. The summed E-state index contributed by atoms with van der Waals surface area (Å²) in [6.07, 6.45) is 0. The number of hydrogen-bond acceptors (Lipinski definition) is 5. The van der Waals surface area contributed by atoms with Crippen LogP contribution in [-0.4, -0.2) is 31.8 Å². The Labute approximate surface area is 123 Å². The van der Waals surface area contributed by atoms with Gasteiger partial charge in [-0.05, 0) is 26.0 Å². The topological polar surface area (TPSA) is 110 Å². The van der Waals surface area contributed by atoms with Crippen molar-refractivity contribution in [1.29, 1.82) is 0 Å². The number of ether oxygens (including phenoxy) is 1.